The van der Waals surface area contributed by atoms with Crippen molar-refractivity contribution in [3.05, 3.63) is 36.9 Å². The molecule has 1 aromatic rings. The van der Waals surface area contributed by atoms with Crippen LogP contribution >= 0.6 is 0 Å². The first-order valence-electron chi connectivity index (χ1n) is 10.4. The first-order chi connectivity index (χ1) is 13.5. The average Bonchev–Trinajstić information content (AvgIpc) is 2.69. The van der Waals surface area contributed by atoms with Gasteiger partial charge in [0.15, 0.2) is 0 Å². The fraction of sp³-hybridized carbons (Fsp3) is 0.591. The van der Waals surface area contributed by atoms with Crippen LogP contribution in [0.5, 0.6) is 0 Å². The summed E-state index contributed by atoms with van der Waals surface area (Å²) in [6, 6.07) is 6.21. The minimum absolute atomic E-state index is 0.0340. The molecule has 0 saturated heterocycles. The van der Waals surface area contributed by atoms with Crippen LogP contribution in [0.1, 0.15) is 77.6 Å². The molecule has 1 rings (SSSR count). The van der Waals surface area contributed by atoms with Crippen molar-refractivity contribution in [2.75, 3.05) is 11.9 Å². The van der Waals surface area contributed by atoms with Gasteiger partial charge >= 0.3 is 0 Å². The van der Waals surface area contributed by atoms with E-state index in [0.29, 0.717) is 6.42 Å². The molecule has 158 valence electrons. The van der Waals surface area contributed by atoms with E-state index in [2.05, 4.69) is 18.8 Å². The second-order valence-electron chi connectivity index (χ2n) is 7.00. The third-order valence-corrected chi connectivity index (χ3v) is 5.96. The van der Waals surface area contributed by atoms with Gasteiger partial charge in [0, 0.05) is 0 Å². The average molecular weight is 410 g/mol. The summed E-state index contributed by atoms with van der Waals surface area (Å²) < 4.78 is 30.0. The second kappa shape index (κ2) is 14.4. The summed E-state index contributed by atoms with van der Waals surface area (Å²) >= 11 is 0. The van der Waals surface area contributed by atoms with Gasteiger partial charge in [-0.05, 0) is 24.6 Å². The molecule has 0 atom stereocenters. The van der Waals surface area contributed by atoms with E-state index in [4.69, 9.17) is 4.18 Å². The van der Waals surface area contributed by atoms with Crippen LogP contribution in [0.15, 0.2) is 41.8 Å². The van der Waals surface area contributed by atoms with Crippen LogP contribution in [0.3, 0.4) is 0 Å². The Morgan fingerprint density at radius 3 is 2.07 bits per heavy atom. The van der Waals surface area contributed by atoms with Gasteiger partial charge in [0.25, 0.3) is 10.1 Å². The molecule has 0 aliphatic carbocycles. The Labute approximate surface area is 170 Å². The minimum atomic E-state index is -3.91. The van der Waals surface area contributed by atoms with E-state index >= 15 is 0 Å². The number of anilines is 1. The normalized spacial score (nSPS) is 11.3. The fourth-order valence-corrected chi connectivity index (χ4v) is 4.07. The van der Waals surface area contributed by atoms with Gasteiger partial charge in [-0.3, -0.25) is 8.98 Å². The lowest BCUT2D eigenvalue weighted by Crippen LogP contribution is -2.14. The van der Waals surface area contributed by atoms with Crippen molar-refractivity contribution in [2.24, 2.45) is 0 Å². The first-order valence-corrected chi connectivity index (χ1v) is 11.8. The Morgan fingerprint density at radius 1 is 0.964 bits per heavy atom. The lowest BCUT2D eigenvalue weighted by Gasteiger charge is -2.11. The molecule has 0 fully saturated rings. The SMILES string of the molecule is C=CC(=O)Nc1ccccc1S(=O)(=O)OCCCCCCCCCCCCC. The van der Waals surface area contributed by atoms with Gasteiger partial charge in [0.2, 0.25) is 5.91 Å². The third-order valence-electron chi connectivity index (χ3n) is 4.59. The van der Waals surface area contributed by atoms with Crippen molar-refractivity contribution in [3.8, 4) is 0 Å². The van der Waals surface area contributed by atoms with Crippen molar-refractivity contribution in [1.82, 2.24) is 0 Å². The molecule has 0 radical (unpaired) electrons. The second-order valence-corrected chi connectivity index (χ2v) is 8.58. The molecule has 5 nitrogen and oxygen atoms in total. The summed E-state index contributed by atoms with van der Waals surface area (Å²) in [5.41, 5.74) is 0.200. The molecular formula is C22H35NO4S. The summed E-state index contributed by atoms with van der Waals surface area (Å²) in [6.45, 7) is 5.76. The van der Waals surface area contributed by atoms with E-state index in [1.54, 1.807) is 12.1 Å². The largest absolute Gasteiger partial charge is 0.321 e. The number of rotatable bonds is 16. The highest BCUT2D eigenvalue weighted by Crippen LogP contribution is 2.23. The third kappa shape index (κ3) is 10.0. The number of hydrogen-bond acceptors (Lipinski definition) is 4. The van der Waals surface area contributed by atoms with Crippen LogP contribution in [-0.4, -0.2) is 20.9 Å². The van der Waals surface area contributed by atoms with Gasteiger partial charge in [-0.25, -0.2) is 0 Å². The Morgan fingerprint density at radius 2 is 1.50 bits per heavy atom. The van der Waals surface area contributed by atoms with Crippen LogP contribution in [-0.2, 0) is 19.1 Å². The molecule has 1 aromatic carbocycles. The molecule has 0 aromatic heterocycles. The highest BCUT2D eigenvalue weighted by molar-refractivity contribution is 7.87. The number of hydrogen-bond donors (Lipinski definition) is 1. The summed E-state index contributed by atoms with van der Waals surface area (Å²) in [6.07, 6.45) is 14.2. The Kier molecular flexibility index (Phi) is 12.5. The predicted octanol–water partition coefficient (Wildman–Crippen LogP) is 5.83. The topological polar surface area (TPSA) is 72.5 Å². The number of amides is 1. The van der Waals surface area contributed by atoms with Gasteiger partial charge in [0.05, 0.1) is 12.3 Å². The Hall–Kier alpha value is -1.66. The van der Waals surface area contributed by atoms with Gasteiger partial charge < -0.3 is 5.32 Å². The zero-order valence-electron chi connectivity index (χ0n) is 17.1. The monoisotopic (exact) mass is 409 g/mol. The van der Waals surface area contributed by atoms with Crippen molar-refractivity contribution < 1.29 is 17.4 Å². The zero-order valence-corrected chi connectivity index (χ0v) is 17.9. The maximum Gasteiger partial charge on any atom is 0.299 e. The van der Waals surface area contributed by atoms with E-state index < -0.39 is 16.0 Å². The smallest absolute Gasteiger partial charge is 0.299 e. The van der Waals surface area contributed by atoms with Crippen LogP contribution in [0.2, 0.25) is 0 Å². The first kappa shape index (κ1) is 24.4. The summed E-state index contributed by atoms with van der Waals surface area (Å²) in [7, 11) is -3.91. The molecule has 1 amide bonds. The van der Waals surface area contributed by atoms with E-state index in [0.717, 1.165) is 18.9 Å². The van der Waals surface area contributed by atoms with Gasteiger partial charge in [-0.15, -0.1) is 0 Å². The summed E-state index contributed by atoms with van der Waals surface area (Å²) in [5.74, 6) is -0.465. The molecule has 0 saturated carbocycles. The molecule has 0 heterocycles. The van der Waals surface area contributed by atoms with Crippen LogP contribution < -0.4 is 5.32 Å². The van der Waals surface area contributed by atoms with Gasteiger partial charge in [-0.2, -0.15) is 8.42 Å². The van der Waals surface area contributed by atoms with Crippen molar-refractivity contribution in [3.63, 3.8) is 0 Å². The highest BCUT2D eigenvalue weighted by atomic mass is 32.2. The Bertz CT molecular complexity index is 686. The minimum Gasteiger partial charge on any atom is -0.321 e. The number of carbonyl (C=O) groups is 1. The molecule has 0 unspecified atom stereocenters. The van der Waals surface area contributed by atoms with Gasteiger partial charge in [0.1, 0.15) is 4.90 Å². The molecule has 6 heteroatoms. The summed E-state index contributed by atoms with van der Waals surface area (Å²) in [4.78, 5) is 11.4. The highest BCUT2D eigenvalue weighted by Gasteiger charge is 2.19. The fourth-order valence-electron chi connectivity index (χ4n) is 2.97. The molecular weight excluding hydrogens is 374 g/mol. The number of unbranched alkanes of at least 4 members (excludes halogenated alkanes) is 10. The molecule has 28 heavy (non-hydrogen) atoms. The number of nitrogens with one attached hydrogen (secondary N) is 1. The van der Waals surface area contributed by atoms with Crippen molar-refractivity contribution in [1.29, 1.82) is 0 Å². The molecule has 0 aliphatic rings. The van der Waals surface area contributed by atoms with E-state index in [1.807, 2.05) is 0 Å². The quantitative estimate of drug-likeness (QED) is 0.212. The maximum absolute atomic E-state index is 12.4. The van der Waals surface area contributed by atoms with Crippen molar-refractivity contribution in [2.45, 2.75) is 82.4 Å². The van der Waals surface area contributed by atoms with Crippen molar-refractivity contribution >= 4 is 21.7 Å². The molecule has 1 N–H and O–H groups in total. The molecule has 0 bridgehead atoms. The molecule has 0 spiro atoms. The number of benzene rings is 1. The predicted molar refractivity (Wildman–Crippen MR) is 115 cm³/mol. The van der Waals surface area contributed by atoms with E-state index in [9.17, 15) is 13.2 Å². The Balaban J connectivity index is 2.25. The lowest BCUT2D eigenvalue weighted by atomic mass is 10.1. The standard InChI is InChI=1S/C22H35NO4S/c1-3-5-6-7-8-9-10-11-12-13-16-19-27-28(25,26)21-18-15-14-17-20(21)23-22(24)4-2/h4,14-15,17-18H,2-3,5-13,16,19H2,1H3,(H,23,24). The number of para-hydroxylation sites is 1. The van der Waals surface area contributed by atoms with Crippen LogP contribution in [0.25, 0.3) is 0 Å². The molecule has 0 aliphatic heterocycles. The zero-order chi connectivity index (χ0) is 20.7. The number of carbonyl (C=O) groups excluding carboxylic acids is 1. The summed E-state index contributed by atoms with van der Waals surface area (Å²) in [5, 5.41) is 2.50. The lowest BCUT2D eigenvalue weighted by molar-refractivity contribution is -0.111. The van der Waals surface area contributed by atoms with Crippen LogP contribution in [0.4, 0.5) is 5.69 Å². The van der Waals surface area contributed by atoms with Crippen LogP contribution in [0, 0.1) is 0 Å². The van der Waals surface area contributed by atoms with E-state index in [-0.39, 0.29) is 17.2 Å². The van der Waals surface area contributed by atoms with E-state index in [1.165, 1.54) is 63.5 Å². The van der Waals surface area contributed by atoms with Gasteiger partial charge in [-0.1, -0.05) is 89.8 Å². The maximum atomic E-state index is 12.4.